The van der Waals surface area contributed by atoms with Crippen LogP contribution >= 0.6 is 0 Å². The molecule has 0 aliphatic rings. The van der Waals surface area contributed by atoms with Crippen LogP contribution in [0.1, 0.15) is 16.7 Å². The van der Waals surface area contributed by atoms with E-state index in [0.29, 0.717) is 6.01 Å². The summed E-state index contributed by atoms with van der Waals surface area (Å²) in [7, 11) is 1.61. The second-order valence-corrected chi connectivity index (χ2v) is 3.99. The van der Waals surface area contributed by atoms with Crippen LogP contribution in [-0.2, 0) is 0 Å². The lowest BCUT2D eigenvalue weighted by atomic mass is 9.97. The highest BCUT2D eigenvalue weighted by Crippen LogP contribution is 2.26. The number of aromatic nitrogens is 2. The van der Waals surface area contributed by atoms with E-state index >= 15 is 0 Å². The highest BCUT2D eigenvalue weighted by atomic mass is 16.5. The molecule has 0 aliphatic carbocycles. The van der Waals surface area contributed by atoms with E-state index in [1.54, 1.807) is 13.3 Å². The van der Waals surface area contributed by atoms with E-state index in [-0.39, 0.29) is 0 Å². The van der Waals surface area contributed by atoms with Crippen LogP contribution in [0.3, 0.4) is 0 Å². The monoisotopic (exact) mass is 216 g/mol. The second-order valence-electron chi connectivity index (χ2n) is 3.99. The SMILES string of the molecule is COc1ncc(-c2ccc(C)c(C)c2C)[nH]1. The maximum absolute atomic E-state index is 5.04. The van der Waals surface area contributed by atoms with Gasteiger partial charge >= 0.3 is 0 Å². The molecular weight excluding hydrogens is 200 g/mol. The molecule has 3 heteroatoms. The molecule has 0 aliphatic heterocycles. The molecule has 3 nitrogen and oxygen atoms in total. The summed E-state index contributed by atoms with van der Waals surface area (Å²) in [4.78, 5) is 7.26. The van der Waals surface area contributed by atoms with Crippen molar-refractivity contribution in [3.63, 3.8) is 0 Å². The zero-order valence-electron chi connectivity index (χ0n) is 10.1. The van der Waals surface area contributed by atoms with E-state index in [9.17, 15) is 0 Å². The molecule has 0 saturated carbocycles. The van der Waals surface area contributed by atoms with Gasteiger partial charge in [0.1, 0.15) is 0 Å². The van der Waals surface area contributed by atoms with Crippen molar-refractivity contribution in [1.82, 2.24) is 9.97 Å². The first-order valence-corrected chi connectivity index (χ1v) is 5.29. The van der Waals surface area contributed by atoms with Gasteiger partial charge in [-0.2, -0.15) is 0 Å². The van der Waals surface area contributed by atoms with Crippen LogP contribution < -0.4 is 4.74 Å². The standard InChI is InChI=1S/C13H16N2O/c1-8-5-6-11(10(3)9(8)2)12-7-14-13(15-12)16-4/h5-7H,1-4H3,(H,14,15). The summed E-state index contributed by atoms with van der Waals surface area (Å²) in [5.41, 5.74) is 6.10. The first kappa shape index (κ1) is 10.7. The van der Waals surface area contributed by atoms with Gasteiger partial charge in [-0.25, -0.2) is 4.98 Å². The summed E-state index contributed by atoms with van der Waals surface area (Å²) in [6.45, 7) is 6.40. The van der Waals surface area contributed by atoms with Crippen molar-refractivity contribution in [2.24, 2.45) is 0 Å². The number of ether oxygens (including phenoxy) is 1. The molecule has 16 heavy (non-hydrogen) atoms. The molecule has 1 N–H and O–H groups in total. The van der Waals surface area contributed by atoms with Gasteiger partial charge in [0.2, 0.25) is 0 Å². The number of imidazole rings is 1. The van der Waals surface area contributed by atoms with Gasteiger partial charge in [-0.05, 0) is 37.5 Å². The molecule has 0 fully saturated rings. The number of rotatable bonds is 2. The summed E-state index contributed by atoms with van der Waals surface area (Å²) >= 11 is 0. The predicted molar refractivity (Wildman–Crippen MR) is 64.8 cm³/mol. The topological polar surface area (TPSA) is 37.9 Å². The average Bonchev–Trinajstić information content (AvgIpc) is 2.74. The molecule has 0 spiro atoms. The van der Waals surface area contributed by atoms with Crippen molar-refractivity contribution in [1.29, 1.82) is 0 Å². The molecule has 0 amide bonds. The normalized spacial score (nSPS) is 10.5. The van der Waals surface area contributed by atoms with Gasteiger partial charge in [0.05, 0.1) is 19.0 Å². The summed E-state index contributed by atoms with van der Waals surface area (Å²) in [5.74, 6) is 0. The summed E-state index contributed by atoms with van der Waals surface area (Å²) in [6, 6.07) is 4.79. The van der Waals surface area contributed by atoms with Gasteiger partial charge in [0.25, 0.3) is 6.01 Å². The Bertz CT molecular complexity index is 515. The lowest BCUT2D eigenvalue weighted by Crippen LogP contribution is -1.91. The van der Waals surface area contributed by atoms with Crippen LogP contribution in [0.2, 0.25) is 0 Å². The smallest absolute Gasteiger partial charge is 0.293 e. The minimum absolute atomic E-state index is 0.549. The molecule has 2 aromatic rings. The number of methoxy groups -OCH3 is 1. The molecule has 0 unspecified atom stereocenters. The quantitative estimate of drug-likeness (QED) is 0.838. The molecule has 1 aromatic carbocycles. The first-order chi connectivity index (χ1) is 7.63. The predicted octanol–water partition coefficient (Wildman–Crippen LogP) is 3.01. The Morgan fingerprint density at radius 1 is 1.12 bits per heavy atom. The Labute approximate surface area is 95.5 Å². The average molecular weight is 216 g/mol. The highest BCUT2D eigenvalue weighted by molar-refractivity contribution is 5.65. The number of aromatic amines is 1. The minimum Gasteiger partial charge on any atom is -0.468 e. The van der Waals surface area contributed by atoms with E-state index in [2.05, 4.69) is 42.9 Å². The second kappa shape index (κ2) is 4.00. The Hall–Kier alpha value is -1.77. The Morgan fingerprint density at radius 3 is 2.50 bits per heavy atom. The third kappa shape index (κ3) is 1.69. The lowest BCUT2D eigenvalue weighted by Gasteiger charge is -2.09. The third-order valence-corrected chi connectivity index (χ3v) is 3.09. The van der Waals surface area contributed by atoms with Gasteiger partial charge in [-0.1, -0.05) is 12.1 Å². The molecular formula is C13H16N2O. The van der Waals surface area contributed by atoms with E-state index in [1.807, 2.05) is 0 Å². The molecule has 2 rings (SSSR count). The van der Waals surface area contributed by atoms with Crippen molar-refractivity contribution in [3.05, 3.63) is 35.0 Å². The first-order valence-electron chi connectivity index (χ1n) is 5.29. The molecule has 1 aromatic heterocycles. The minimum atomic E-state index is 0.549. The third-order valence-electron chi connectivity index (χ3n) is 3.09. The van der Waals surface area contributed by atoms with Crippen molar-refractivity contribution in [3.8, 4) is 17.3 Å². The van der Waals surface area contributed by atoms with Crippen LogP contribution in [-0.4, -0.2) is 17.1 Å². The Balaban J connectivity index is 2.52. The number of H-pyrrole nitrogens is 1. The number of nitrogens with zero attached hydrogens (tertiary/aromatic N) is 1. The molecule has 84 valence electrons. The highest BCUT2D eigenvalue weighted by Gasteiger charge is 2.08. The van der Waals surface area contributed by atoms with E-state index in [4.69, 9.17) is 4.74 Å². The van der Waals surface area contributed by atoms with E-state index < -0.39 is 0 Å². The van der Waals surface area contributed by atoms with Crippen LogP contribution in [0, 0.1) is 20.8 Å². The number of nitrogens with one attached hydrogen (secondary N) is 1. The maximum Gasteiger partial charge on any atom is 0.293 e. The zero-order valence-corrected chi connectivity index (χ0v) is 10.1. The largest absolute Gasteiger partial charge is 0.468 e. The Morgan fingerprint density at radius 2 is 1.88 bits per heavy atom. The maximum atomic E-state index is 5.04. The molecule has 0 bridgehead atoms. The van der Waals surface area contributed by atoms with Gasteiger partial charge in [-0.3, -0.25) is 0 Å². The summed E-state index contributed by atoms with van der Waals surface area (Å²) in [5, 5.41) is 0. The van der Waals surface area contributed by atoms with Crippen LogP contribution in [0.15, 0.2) is 18.3 Å². The number of aryl methyl sites for hydroxylation is 1. The van der Waals surface area contributed by atoms with Gasteiger partial charge in [0, 0.05) is 5.56 Å². The van der Waals surface area contributed by atoms with Gasteiger partial charge in [0.15, 0.2) is 0 Å². The van der Waals surface area contributed by atoms with Crippen molar-refractivity contribution >= 4 is 0 Å². The number of benzene rings is 1. The Kier molecular flexibility index (Phi) is 2.69. The number of hydrogen-bond donors (Lipinski definition) is 1. The molecule has 1 heterocycles. The van der Waals surface area contributed by atoms with Gasteiger partial charge in [-0.15, -0.1) is 0 Å². The van der Waals surface area contributed by atoms with Crippen LogP contribution in [0.25, 0.3) is 11.3 Å². The van der Waals surface area contributed by atoms with Crippen molar-refractivity contribution in [2.75, 3.05) is 7.11 Å². The fourth-order valence-corrected chi connectivity index (χ4v) is 1.79. The van der Waals surface area contributed by atoms with Crippen molar-refractivity contribution in [2.45, 2.75) is 20.8 Å². The zero-order chi connectivity index (χ0) is 11.7. The fourth-order valence-electron chi connectivity index (χ4n) is 1.79. The van der Waals surface area contributed by atoms with Crippen LogP contribution in [0.5, 0.6) is 6.01 Å². The van der Waals surface area contributed by atoms with E-state index in [1.165, 1.54) is 22.3 Å². The van der Waals surface area contributed by atoms with E-state index in [0.717, 1.165) is 5.69 Å². The van der Waals surface area contributed by atoms with Crippen molar-refractivity contribution < 1.29 is 4.74 Å². The molecule has 0 radical (unpaired) electrons. The van der Waals surface area contributed by atoms with Gasteiger partial charge < -0.3 is 9.72 Å². The lowest BCUT2D eigenvalue weighted by molar-refractivity contribution is 0.384. The van der Waals surface area contributed by atoms with Crippen LogP contribution in [0.4, 0.5) is 0 Å². The summed E-state index contributed by atoms with van der Waals surface area (Å²) < 4.78 is 5.04. The molecule has 0 saturated heterocycles. The summed E-state index contributed by atoms with van der Waals surface area (Å²) in [6.07, 6.45) is 1.80. The fraction of sp³-hybridized carbons (Fsp3) is 0.308. The number of hydrogen-bond acceptors (Lipinski definition) is 2. The molecule has 0 atom stereocenters.